The van der Waals surface area contributed by atoms with E-state index in [0.717, 1.165) is 12.8 Å². The number of nitrogens with one attached hydrogen (secondary N) is 2. The average Bonchev–Trinajstić information content (AvgIpc) is 3.21. The molecule has 0 aromatic carbocycles. The molecule has 0 bridgehead atoms. The summed E-state index contributed by atoms with van der Waals surface area (Å²) in [6.45, 7) is 1.64. The van der Waals surface area contributed by atoms with Crippen molar-refractivity contribution < 1.29 is 18.8 Å². The zero-order valence-electron chi connectivity index (χ0n) is 14.2. The van der Waals surface area contributed by atoms with Gasteiger partial charge in [-0.15, -0.1) is 0 Å². The summed E-state index contributed by atoms with van der Waals surface area (Å²) >= 11 is 0. The number of furan rings is 1. The van der Waals surface area contributed by atoms with Gasteiger partial charge in [0.25, 0.3) is 5.91 Å². The molecule has 0 unspecified atom stereocenters. The molecular weight excluding hydrogens is 336 g/mol. The molecule has 0 saturated carbocycles. The first-order valence-electron chi connectivity index (χ1n) is 8.44. The number of anilines is 1. The minimum atomic E-state index is -0.717. The van der Waals surface area contributed by atoms with Crippen molar-refractivity contribution in [3.63, 3.8) is 0 Å². The second-order valence-corrected chi connectivity index (χ2v) is 6.15. The number of nitrogens with zero attached hydrogens (tertiary/aromatic N) is 2. The SMILES string of the molecule is O=C(NCC1CCN(C(=O)c2ccoc2)CC1)C(=O)Nc1cccnc1. The lowest BCUT2D eigenvalue weighted by Crippen LogP contribution is -2.43. The van der Waals surface area contributed by atoms with E-state index in [-0.39, 0.29) is 11.8 Å². The van der Waals surface area contributed by atoms with Gasteiger partial charge in [-0.3, -0.25) is 19.4 Å². The Bertz CT molecular complexity index is 753. The first-order chi connectivity index (χ1) is 12.6. The number of carbonyl (C=O) groups excluding carboxylic acids is 3. The maximum atomic E-state index is 12.2. The topological polar surface area (TPSA) is 105 Å². The van der Waals surface area contributed by atoms with E-state index in [1.54, 1.807) is 29.3 Å². The fourth-order valence-corrected chi connectivity index (χ4v) is 2.85. The van der Waals surface area contributed by atoms with Crippen LogP contribution in [0, 0.1) is 5.92 Å². The van der Waals surface area contributed by atoms with E-state index >= 15 is 0 Å². The minimum Gasteiger partial charge on any atom is -0.472 e. The van der Waals surface area contributed by atoms with Gasteiger partial charge in [0, 0.05) is 25.8 Å². The van der Waals surface area contributed by atoms with Gasteiger partial charge in [-0.05, 0) is 37.0 Å². The molecule has 0 radical (unpaired) electrons. The molecule has 0 atom stereocenters. The van der Waals surface area contributed by atoms with Crippen molar-refractivity contribution in [1.82, 2.24) is 15.2 Å². The molecule has 3 heterocycles. The molecule has 1 aliphatic rings. The molecule has 8 heteroatoms. The van der Waals surface area contributed by atoms with Gasteiger partial charge >= 0.3 is 11.8 Å². The molecule has 3 rings (SSSR count). The Balaban J connectivity index is 1.40. The third kappa shape index (κ3) is 4.47. The zero-order chi connectivity index (χ0) is 18.4. The summed E-state index contributed by atoms with van der Waals surface area (Å²) in [5.41, 5.74) is 1.02. The lowest BCUT2D eigenvalue weighted by Gasteiger charge is -2.31. The van der Waals surface area contributed by atoms with Gasteiger partial charge in [0.15, 0.2) is 0 Å². The molecule has 1 fully saturated rings. The highest BCUT2D eigenvalue weighted by molar-refractivity contribution is 6.39. The van der Waals surface area contributed by atoms with Crippen LogP contribution in [0.4, 0.5) is 5.69 Å². The van der Waals surface area contributed by atoms with Gasteiger partial charge in [0.2, 0.25) is 0 Å². The molecule has 136 valence electrons. The van der Waals surface area contributed by atoms with Crippen molar-refractivity contribution in [2.24, 2.45) is 5.92 Å². The summed E-state index contributed by atoms with van der Waals surface area (Å²) in [6.07, 6.45) is 7.51. The summed E-state index contributed by atoms with van der Waals surface area (Å²) in [7, 11) is 0. The summed E-state index contributed by atoms with van der Waals surface area (Å²) in [5.74, 6) is -1.20. The third-order valence-electron chi connectivity index (χ3n) is 4.35. The van der Waals surface area contributed by atoms with Crippen molar-refractivity contribution in [3.05, 3.63) is 48.7 Å². The van der Waals surface area contributed by atoms with Gasteiger partial charge in [-0.1, -0.05) is 0 Å². The maximum Gasteiger partial charge on any atom is 0.313 e. The van der Waals surface area contributed by atoms with Crippen LogP contribution >= 0.6 is 0 Å². The third-order valence-corrected chi connectivity index (χ3v) is 4.35. The van der Waals surface area contributed by atoms with Crippen LogP contribution in [0.3, 0.4) is 0 Å². The highest BCUT2D eigenvalue weighted by Crippen LogP contribution is 2.18. The number of pyridine rings is 1. The Morgan fingerprint density at radius 1 is 1.19 bits per heavy atom. The van der Waals surface area contributed by atoms with E-state index in [9.17, 15) is 14.4 Å². The van der Waals surface area contributed by atoms with Crippen molar-refractivity contribution in [2.75, 3.05) is 25.0 Å². The Morgan fingerprint density at radius 2 is 2.00 bits per heavy atom. The Hall–Kier alpha value is -3.16. The van der Waals surface area contributed by atoms with Crippen LogP contribution in [0.1, 0.15) is 23.2 Å². The van der Waals surface area contributed by atoms with Crippen LogP contribution in [0.2, 0.25) is 0 Å². The predicted molar refractivity (Wildman–Crippen MR) is 93.2 cm³/mol. The Labute approximate surface area is 150 Å². The summed E-state index contributed by atoms with van der Waals surface area (Å²) in [4.78, 5) is 41.6. The molecule has 1 saturated heterocycles. The number of likely N-dealkylation sites (tertiary alicyclic amines) is 1. The van der Waals surface area contributed by atoms with Crippen LogP contribution in [-0.4, -0.2) is 47.2 Å². The zero-order valence-corrected chi connectivity index (χ0v) is 14.2. The fourth-order valence-electron chi connectivity index (χ4n) is 2.85. The fraction of sp³-hybridized carbons (Fsp3) is 0.333. The Kier molecular flexibility index (Phi) is 5.62. The first-order valence-corrected chi connectivity index (χ1v) is 8.44. The van der Waals surface area contributed by atoms with Crippen molar-refractivity contribution in [1.29, 1.82) is 0 Å². The number of carbonyl (C=O) groups is 3. The lowest BCUT2D eigenvalue weighted by molar-refractivity contribution is -0.136. The van der Waals surface area contributed by atoms with E-state index in [4.69, 9.17) is 4.42 Å². The van der Waals surface area contributed by atoms with Crippen molar-refractivity contribution >= 4 is 23.4 Å². The summed E-state index contributed by atoms with van der Waals surface area (Å²) in [5, 5.41) is 5.15. The number of aromatic nitrogens is 1. The molecule has 1 aliphatic heterocycles. The summed E-state index contributed by atoms with van der Waals surface area (Å²) < 4.78 is 4.94. The summed E-state index contributed by atoms with van der Waals surface area (Å²) in [6, 6.07) is 4.98. The standard InChI is InChI=1S/C18H20N4O4/c23-16(17(24)21-15-2-1-6-19-11-15)20-10-13-3-7-22(8-4-13)18(25)14-5-9-26-12-14/h1-2,5-6,9,11-13H,3-4,7-8,10H2,(H,20,23)(H,21,24). The molecule has 8 nitrogen and oxygen atoms in total. The molecule has 2 N–H and O–H groups in total. The van der Waals surface area contributed by atoms with E-state index in [1.165, 1.54) is 18.7 Å². The molecule has 26 heavy (non-hydrogen) atoms. The maximum absolute atomic E-state index is 12.2. The van der Waals surface area contributed by atoms with Crippen molar-refractivity contribution in [2.45, 2.75) is 12.8 Å². The van der Waals surface area contributed by atoms with E-state index in [0.29, 0.717) is 30.9 Å². The molecule has 2 aromatic rings. The second-order valence-electron chi connectivity index (χ2n) is 6.15. The predicted octanol–water partition coefficient (Wildman–Crippen LogP) is 1.28. The molecular formula is C18H20N4O4. The Morgan fingerprint density at radius 3 is 2.65 bits per heavy atom. The van der Waals surface area contributed by atoms with Crippen LogP contribution in [0.5, 0.6) is 0 Å². The second kappa shape index (κ2) is 8.28. The van der Waals surface area contributed by atoms with Gasteiger partial charge in [-0.25, -0.2) is 0 Å². The van der Waals surface area contributed by atoms with Gasteiger partial charge < -0.3 is 20.0 Å². The number of amides is 3. The van der Waals surface area contributed by atoms with Crippen molar-refractivity contribution in [3.8, 4) is 0 Å². The molecule has 2 aromatic heterocycles. The highest BCUT2D eigenvalue weighted by Gasteiger charge is 2.25. The molecule has 0 aliphatic carbocycles. The van der Waals surface area contributed by atoms with Crippen LogP contribution < -0.4 is 10.6 Å². The van der Waals surface area contributed by atoms with Crippen LogP contribution in [0.15, 0.2) is 47.5 Å². The average molecular weight is 356 g/mol. The normalized spacial score (nSPS) is 14.7. The monoisotopic (exact) mass is 356 g/mol. The number of hydrogen-bond acceptors (Lipinski definition) is 5. The number of rotatable bonds is 4. The van der Waals surface area contributed by atoms with Crippen LogP contribution in [0.25, 0.3) is 0 Å². The van der Waals surface area contributed by atoms with Gasteiger partial charge in [0.1, 0.15) is 6.26 Å². The van der Waals surface area contributed by atoms with Crippen LogP contribution in [-0.2, 0) is 9.59 Å². The minimum absolute atomic E-state index is 0.0444. The van der Waals surface area contributed by atoms with E-state index in [1.807, 2.05) is 0 Å². The first kappa shape index (κ1) is 17.7. The van der Waals surface area contributed by atoms with Gasteiger partial charge in [-0.2, -0.15) is 0 Å². The largest absolute Gasteiger partial charge is 0.472 e. The van der Waals surface area contributed by atoms with E-state index in [2.05, 4.69) is 15.6 Å². The highest BCUT2D eigenvalue weighted by atomic mass is 16.3. The molecule has 0 spiro atoms. The number of hydrogen-bond donors (Lipinski definition) is 2. The van der Waals surface area contributed by atoms with E-state index < -0.39 is 11.8 Å². The smallest absolute Gasteiger partial charge is 0.313 e. The quantitative estimate of drug-likeness (QED) is 0.803. The molecule has 3 amide bonds. The lowest BCUT2D eigenvalue weighted by atomic mass is 9.96. The van der Waals surface area contributed by atoms with Gasteiger partial charge in [0.05, 0.1) is 23.7 Å². The number of piperidine rings is 1.